The summed E-state index contributed by atoms with van der Waals surface area (Å²) < 4.78 is 0. The van der Waals surface area contributed by atoms with Crippen LogP contribution in [-0.2, 0) is 12.8 Å². The van der Waals surface area contributed by atoms with Crippen molar-refractivity contribution >= 4 is 5.69 Å². The fourth-order valence-electron chi connectivity index (χ4n) is 1.80. The number of nitrogens with one attached hydrogen (secondary N) is 1. The van der Waals surface area contributed by atoms with Gasteiger partial charge in [0.15, 0.2) is 0 Å². The van der Waals surface area contributed by atoms with Gasteiger partial charge < -0.3 is 5.32 Å². The van der Waals surface area contributed by atoms with Gasteiger partial charge in [-0.2, -0.15) is 0 Å². The van der Waals surface area contributed by atoms with Crippen molar-refractivity contribution in [1.29, 1.82) is 0 Å². The first kappa shape index (κ1) is 12.4. The van der Waals surface area contributed by atoms with Gasteiger partial charge in [-0.05, 0) is 42.3 Å². The second-order valence-electron chi connectivity index (χ2n) is 4.29. The van der Waals surface area contributed by atoms with Crippen LogP contribution >= 0.6 is 0 Å². The molecule has 2 rings (SSSR count). The van der Waals surface area contributed by atoms with Gasteiger partial charge in [-0.15, -0.1) is 0 Å². The maximum atomic E-state index is 3.26. The lowest BCUT2D eigenvalue weighted by molar-refractivity contribution is 1.13. The Balaban J connectivity index is 1.83. The molecule has 0 aromatic heterocycles. The van der Waals surface area contributed by atoms with E-state index >= 15 is 0 Å². The van der Waals surface area contributed by atoms with Crippen LogP contribution < -0.4 is 5.32 Å². The van der Waals surface area contributed by atoms with E-state index in [1.807, 2.05) is 24.4 Å². The largest absolute Gasteiger partial charge is 0.362 e. The third-order valence-electron chi connectivity index (χ3n) is 2.93. The second-order valence-corrected chi connectivity index (χ2v) is 4.29. The quantitative estimate of drug-likeness (QED) is 0.811. The van der Waals surface area contributed by atoms with Gasteiger partial charge in [0.05, 0.1) is 0 Å². The molecule has 0 aliphatic heterocycles. The monoisotopic (exact) mass is 237 g/mol. The Morgan fingerprint density at radius 1 is 0.889 bits per heavy atom. The number of aryl methyl sites for hydroxylation is 1. The highest BCUT2D eigenvalue weighted by Gasteiger charge is 1.91. The number of benzene rings is 2. The minimum absolute atomic E-state index is 0.962. The Hall–Kier alpha value is -2.02. The molecule has 1 nitrogen and oxygen atoms in total. The molecular weight excluding hydrogens is 218 g/mol. The molecule has 0 amide bonds. The maximum Gasteiger partial charge on any atom is 0.0379 e. The summed E-state index contributed by atoms with van der Waals surface area (Å²) in [7, 11) is 0. The van der Waals surface area contributed by atoms with Crippen molar-refractivity contribution in [2.75, 3.05) is 5.32 Å². The normalized spacial score (nSPS) is 10.7. The first-order chi connectivity index (χ1) is 8.88. The Bertz CT molecular complexity index is 483. The lowest BCUT2D eigenvalue weighted by atomic mass is 10.1. The summed E-state index contributed by atoms with van der Waals surface area (Å²) in [5.74, 6) is 0. The molecule has 0 radical (unpaired) electrons. The molecule has 2 aromatic rings. The van der Waals surface area contributed by atoms with Crippen LogP contribution in [0.5, 0.6) is 0 Å². The zero-order valence-corrected chi connectivity index (χ0v) is 10.8. The van der Waals surface area contributed by atoms with Gasteiger partial charge in [-0.25, -0.2) is 0 Å². The molecule has 0 saturated heterocycles. The van der Waals surface area contributed by atoms with Crippen molar-refractivity contribution < 1.29 is 0 Å². The molecule has 0 bridgehead atoms. The highest BCUT2D eigenvalue weighted by molar-refractivity contribution is 5.44. The highest BCUT2D eigenvalue weighted by atomic mass is 14.8. The molecule has 1 N–H and O–H groups in total. The number of anilines is 1. The summed E-state index contributed by atoms with van der Waals surface area (Å²) in [6.07, 6.45) is 6.21. The molecule has 0 spiro atoms. The molecule has 2 aromatic carbocycles. The van der Waals surface area contributed by atoms with Gasteiger partial charge in [-0.3, -0.25) is 0 Å². The summed E-state index contributed by atoms with van der Waals surface area (Å²) in [6, 6.07) is 19.0. The zero-order chi connectivity index (χ0) is 12.6. The van der Waals surface area contributed by atoms with E-state index in [4.69, 9.17) is 0 Å². The van der Waals surface area contributed by atoms with E-state index in [0.29, 0.717) is 0 Å². The van der Waals surface area contributed by atoms with Gasteiger partial charge in [0, 0.05) is 5.69 Å². The summed E-state index contributed by atoms with van der Waals surface area (Å²) in [5.41, 5.74) is 3.86. The highest BCUT2D eigenvalue weighted by Crippen LogP contribution is 2.07. The van der Waals surface area contributed by atoms with Crippen molar-refractivity contribution in [3.8, 4) is 0 Å². The smallest absolute Gasteiger partial charge is 0.0379 e. The fourth-order valence-corrected chi connectivity index (χ4v) is 1.80. The van der Waals surface area contributed by atoms with Crippen LogP contribution in [0.1, 0.15) is 18.1 Å². The van der Waals surface area contributed by atoms with E-state index in [-0.39, 0.29) is 0 Å². The van der Waals surface area contributed by atoms with Crippen molar-refractivity contribution in [3.63, 3.8) is 0 Å². The molecule has 0 unspecified atom stereocenters. The Labute approximate surface area is 109 Å². The van der Waals surface area contributed by atoms with Gasteiger partial charge >= 0.3 is 0 Å². The lowest BCUT2D eigenvalue weighted by Gasteiger charge is -2.01. The number of hydrogen-bond donors (Lipinski definition) is 1. The minimum atomic E-state index is 0.962. The van der Waals surface area contributed by atoms with E-state index in [1.165, 1.54) is 11.1 Å². The van der Waals surface area contributed by atoms with Crippen molar-refractivity contribution in [1.82, 2.24) is 0 Å². The SMILES string of the molecule is CCc1ccc(C/C=C/Nc2ccccc2)cc1. The molecule has 0 atom stereocenters. The van der Waals surface area contributed by atoms with E-state index in [0.717, 1.165) is 18.5 Å². The first-order valence-electron chi connectivity index (χ1n) is 6.43. The summed E-state index contributed by atoms with van der Waals surface area (Å²) in [5, 5.41) is 3.26. The molecular formula is C17H19N. The third-order valence-corrected chi connectivity index (χ3v) is 2.93. The topological polar surface area (TPSA) is 12.0 Å². The van der Waals surface area contributed by atoms with E-state index < -0.39 is 0 Å². The third kappa shape index (κ3) is 3.77. The average Bonchev–Trinajstić information content (AvgIpc) is 2.45. The second kappa shape index (κ2) is 6.65. The van der Waals surface area contributed by atoms with E-state index in [9.17, 15) is 0 Å². The fraction of sp³-hybridized carbons (Fsp3) is 0.176. The van der Waals surface area contributed by atoms with Crippen LogP contribution in [0.2, 0.25) is 0 Å². The molecule has 1 heteroatoms. The maximum absolute atomic E-state index is 3.26. The van der Waals surface area contributed by atoms with Crippen molar-refractivity contribution in [3.05, 3.63) is 78.0 Å². The molecule has 0 saturated carbocycles. The van der Waals surface area contributed by atoms with E-state index in [1.54, 1.807) is 0 Å². The summed E-state index contributed by atoms with van der Waals surface area (Å²) in [6.45, 7) is 2.18. The lowest BCUT2D eigenvalue weighted by Crippen LogP contribution is -1.88. The number of allylic oxidation sites excluding steroid dienone is 1. The number of rotatable bonds is 5. The van der Waals surface area contributed by atoms with Crippen molar-refractivity contribution in [2.45, 2.75) is 19.8 Å². The minimum Gasteiger partial charge on any atom is -0.362 e. The molecule has 18 heavy (non-hydrogen) atoms. The van der Waals surface area contributed by atoms with Gasteiger partial charge in [0.1, 0.15) is 0 Å². The van der Waals surface area contributed by atoms with Crippen LogP contribution in [0.3, 0.4) is 0 Å². The average molecular weight is 237 g/mol. The predicted octanol–water partition coefficient (Wildman–Crippen LogP) is 4.42. The summed E-state index contributed by atoms with van der Waals surface area (Å²) in [4.78, 5) is 0. The van der Waals surface area contributed by atoms with Crippen LogP contribution in [0.4, 0.5) is 5.69 Å². The van der Waals surface area contributed by atoms with Crippen LogP contribution in [0.15, 0.2) is 66.9 Å². The molecule has 0 fully saturated rings. The number of hydrogen-bond acceptors (Lipinski definition) is 1. The predicted molar refractivity (Wildman–Crippen MR) is 78.7 cm³/mol. The van der Waals surface area contributed by atoms with Crippen LogP contribution in [-0.4, -0.2) is 0 Å². The van der Waals surface area contributed by atoms with Gasteiger partial charge in [0.25, 0.3) is 0 Å². The van der Waals surface area contributed by atoms with Crippen molar-refractivity contribution in [2.24, 2.45) is 0 Å². The van der Waals surface area contributed by atoms with Gasteiger partial charge in [-0.1, -0.05) is 55.5 Å². The Morgan fingerprint density at radius 2 is 1.56 bits per heavy atom. The molecule has 0 heterocycles. The van der Waals surface area contributed by atoms with E-state index in [2.05, 4.69) is 54.7 Å². The van der Waals surface area contributed by atoms with Crippen LogP contribution in [0.25, 0.3) is 0 Å². The zero-order valence-electron chi connectivity index (χ0n) is 10.8. The molecule has 0 aliphatic rings. The van der Waals surface area contributed by atoms with Gasteiger partial charge in [0.2, 0.25) is 0 Å². The Morgan fingerprint density at radius 3 is 2.22 bits per heavy atom. The standard InChI is InChI=1S/C17H19N/c1-2-15-10-12-16(13-11-15)7-6-14-18-17-8-4-3-5-9-17/h3-6,8-14,18H,2,7H2,1H3/b14-6+. The molecule has 92 valence electrons. The first-order valence-corrected chi connectivity index (χ1v) is 6.43. The molecule has 0 aliphatic carbocycles. The Kier molecular flexibility index (Phi) is 4.60. The summed E-state index contributed by atoms with van der Waals surface area (Å²) >= 11 is 0. The number of para-hydroxylation sites is 1. The van der Waals surface area contributed by atoms with Crippen LogP contribution in [0, 0.1) is 0 Å².